The third-order valence-electron chi connectivity index (χ3n) is 1.34. The first-order valence-corrected chi connectivity index (χ1v) is 3.77. The lowest BCUT2D eigenvalue weighted by Gasteiger charge is -2.12. The molecule has 0 aromatic heterocycles. The second-order valence-electron chi connectivity index (χ2n) is 2.20. The van der Waals surface area contributed by atoms with Gasteiger partial charge in [-0.15, -0.1) is 6.42 Å². The zero-order chi connectivity index (χ0) is 8.97. The average molecular weight is 186 g/mol. The molecule has 0 atom stereocenters. The molecule has 63 valence electrons. The normalized spacial score (nSPS) is 16.9. The van der Waals surface area contributed by atoms with Crippen LogP contribution < -0.4 is 0 Å². The third-order valence-corrected chi connectivity index (χ3v) is 1.66. The van der Waals surface area contributed by atoms with Crippen LogP contribution in [-0.2, 0) is 4.74 Å². The number of ether oxygens (including phenoxy) is 1. The molecule has 0 spiro atoms. The Kier molecular flexibility index (Phi) is 3.19. The maximum Gasteiger partial charge on any atom is 0.148 e. The van der Waals surface area contributed by atoms with E-state index in [1.54, 1.807) is 0 Å². The van der Waals surface area contributed by atoms with E-state index >= 15 is 0 Å². The van der Waals surface area contributed by atoms with Gasteiger partial charge < -0.3 is 4.74 Å². The van der Waals surface area contributed by atoms with Crippen molar-refractivity contribution in [2.24, 2.45) is 0 Å². The highest BCUT2D eigenvalue weighted by Gasteiger charge is 2.12. The van der Waals surface area contributed by atoms with Crippen LogP contribution in [0, 0.1) is 18.8 Å². The monoisotopic (exact) mass is 185 g/mol. The Bertz CT molecular complexity index is 273. The third kappa shape index (κ3) is 2.28. The molecule has 12 heavy (non-hydrogen) atoms. The van der Waals surface area contributed by atoms with E-state index in [-0.39, 0.29) is 17.5 Å². The van der Waals surface area contributed by atoms with E-state index in [0.29, 0.717) is 12.2 Å². The van der Waals surface area contributed by atoms with Crippen molar-refractivity contribution in [1.82, 2.24) is 0 Å². The van der Waals surface area contributed by atoms with Gasteiger partial charge in [-0.2, -0.15) is 0 Å². The van der Waals surface area contributed by atoms with Gasteiger partial charge in [-0.25, -0.2) is 4.39 Å². The fourth-order valence-electron chi connectivity index (χ4n) is 0.805. The van der Waals surface area contributed by atoms with Crippen LogP contribution in [0.4, 0.5) is 4.39 Å². The highest BCUT2D eigenvalue weighted by molar-refractivity contribution is 6.31. The van der Waals surface area contributed by atoms with E-state index in [0.717, 1.165) is 0 Å². The van der Waals surface area contributed by atoms with E-state index in [2.05, 4.69) is 5.92 Å². The van der Waals surface area contributed by atoms with Gasteiger partial charge in [-0.05, 0) is 6.08 Å². The van der Waals surface area contributed by atoms with Crippen molar-refractivity contribution in [3.05, 3.63) is 29.1 Å². The van der Waals surface area contributed by atoms with Crippen LogP contribution in [0.25, 0.3) is 0 Å². The van der Waals surface area contributed by atoms with Crippen molar-refractivity contribution in [3.8, 4) is 12.3 Å². The predicted octanol–water partition coefficient (Wildman–Crippen LogP) is 2.55. The average Bonchev–Trinajstić information content (AvgIpc) is 2.03. The highest BCUT2D eigenvalue weighted by atomic mass is 35.5. The Balaban J connectivity index is 2.64. The number of rotatable bonds is 2. The summed E-state index contributed by atoms with van der Waals surface area (Å²) in [5.41, 5.74) is 0. The minimum atomic E-state index is -0.340. The minimum Gasteiger partial charge on any atom is -0.484 e. The zero-order valence-electron chi connectivity index (χ0n) is 6.31. The fraction of sp³-hybridized carbons (Fsp3) is 0.222. The fourth-order valence-corrected chi connectivity index (χ4v) is 1.04. The van der Waals surface area contributed by atoms with E-state index in [4.69, 9.17) is 22.8 Å². The molecule has 0 aliphatic heterocycles. The van der Waals surface area contributed by atoms with Crippen LogP contribution >= 0.6 is 11.6 Å². The summed E-state index contributed by atoms with van der Waals surface area (Å²) in [4.78, 5) is 0. The molecule has 1 nitrogen and oxygen atoms in total. The summed E-state index contributed by atoms with van der Waals surface area (Å²) in [7, 11) is 0. The van der Waals surface area contributed by atoms with Crippen molar-refractivity contribution >= 4 is 11.6 Å². The Hall–Kier alpha value is -0.940. The molecule has 3 heteroatoms. The summed E-state index contributed by atoms with van der Waals surface area (Å²) >= 11 is 5.66. The van der Waals surface area contributed by atoms with Gasteiger partial charge in [0, 0.05) is 12.8 Å². The lowest BCUT2D eigenvalue weighted by atomic mass is 10.1. The number of terminal acetylenes is 1. The van der Waals surface area contributed by atoms with Crippen molar-refractivity contribution in [1.29, 1.82) is 0 Å². The van der Waals surface area contributed by atoms with Crippen LogP contribution in [0.3, 0.4) is 0 Å². The molecule has 1 aliphatic rings. The number of halogens is 2. The lowest BCUT2D eigenvalue weighted by Crippen LogP contribution is -1.99. The zero-order valence-corrected chi connectivity index (χ0v) is 7.07. The van der Waals surface area contributed by atoms with Gasteiger partial charge in [0.25, 0.3) is 0 Å². The molecule has 0 aromatic rings. The standard InChI is InChI=1S/C9H7ClFO/c1-2-5-12-9-4-3-7(11)6-8(9)10/h1,3,6H,4-5H2. The summed E-state index contributed by atoms with van der Waals surface area (Å²) in [6.07, 6.45) is 7.93. The molecule has 0 N–H and O–H groups in total. The second kappa shape index (κ2) is 4.18. The highest BCUT2D eigenvalue weighted by Crippen LogP contribution is 2.26. The van der Waals surface area contributed by atoms with Crippen LogP contribution in [-0.4, -0.2) is 6.61 Å². The van der Waals surface area contributed by atoms with E-state index in [1.165, 1.54) is 12.5 Å². The van der Waals surface area contributed by atoms with Gasteiger partial charge in [0.05, 0.1) is 5.03 Å². The van der Waals surface area contributed by atoms with Gasteiger partial charge in [-0.3, -0.25) is 0 Å². The van der Waals surface area contributed by atoms with Gasteiger partial charge >= 0.3 is 0 Å². The molecule has 0 saturated heterocycles. The first-order chi connectivity index (χ1) is 5.74. The minimum absolute atomic E-state index is 0.162. The van der Waals surface area contributed by atoms with Gasteiger partial charge in [0.2, 0.25) is 0 Å². The van der Waals surface area contributed by atoms with Crippen LogP contribution in [0.5, 0.6) is 0 Å². The molecule has 1 rings (SSSR count). The molecular weight excluding hydrogens is 179 g/mol. The first-order valence-electron chi connectivity index (χ1n) is 3.39. The van der Waals surface area contributed by atoms with Crippen LogP contribution in [0.15, 0.2) is 22.7 Å². The Morgan fingerprint density at radius 1 is 1.75 bits per heavy atom. The second-order valence-corrected chi connectivity index (χ2v) is 2.61. The topological polar surface area (TPSA) is 9.23 Å². The quantitative estimate of drug-likeness (QED) is 0.601. The molecule has 0 fully saturated rings. The van der Waals surface area contributed by atoms with E-state index in [9.17, 15) is 4.39 Å². The van der Waals surface area contributed by atoms with Gasteiger partial charge in [0.1, 0.15) is 18.2 Å². The summed E-state index contributed by atoms with van der Waals surface area (Å²) in [6.45, 7) is 0.162. The van der Waals surface area contributed by atoms with Crippen LogP contribution in [0.1, 0.15) is 6.42 Å². The SMILES string of the molecule is C#CCOC1=C(Cl)C=C(F)[CH]C1. The largest absolute Gasteiger partial charge is 0.484 e. The van der Waals surface area contributed by atoms with E-state index < -0.39 is 0 Å². The molecule has 0 amide bonds. The van der Waals surface area contributed by atoms with Crippen molar-refractivity contribution in [2.45, 2.75) is 6.42 Å². The molecule has 0 saturated carbocycles. The maximum atomic E-state index is 12.5. The lowest BCUT2D eigenvalue weighted by molar-refractivity contribution is 0.243. The predicted molar refractivity (Wildman–Crippen MR) is 45.8 cm³/mol. The maximum absolute atomic E-state index is 12.5. The summed E-state index contributed by atoms with van der Waals surface area (Å²) < 4.78 is 17.6. The molecule has 0 unspecified atom stereocenters. The molecule has 0 aromatic carbocycles. The number of hydrogen-bond donors (Lipinski definition) is 0. The number of allylic oxidation sites excluding steroid dienone is 4. The molecule has 1 aliphatic carbocycles. The summed E-state index contributed by atoms with van der Waals surface area (Å²) in [6, 6.07) is 0. The molecule has 0 bridgehead atoms. The molecule has 0 heterocycles. The molecule has 1 radical (unpaired) electrons. The first kappa shape index (κ1) is 9.15. The Morgan fingerprint density at radius 3 is 3.08 bits per heavy atom. The summed E-state index contributed by atoms with van der Waals surface area (Å²) in [5, 5.41) is 0.283. The Labute approximate surface area is 75.9 Å². The van der Waals surface area contributed by atoms with Crippen molar-refractivity contribution < 1.29 is 9.13 Å². The number of hydrogen-bond acceptors (Lipinski definition) is 1. The van der Waals surface area contributed by atoms with Crippen molar-refractivity contribution in [3.63, 3.8) is 0 Å². The summed E-state index contributed by atoms with van der Waals surface area (Å²) in [5.74, 6) is 2.49. The molecular formula is C9H7ClFO. The Morgan fingerprint density at radius 2 is 2.50 bits per heavy atom. The van der Waals surface area contributed by atoms with Gasteiger partial charge in [-0.1, -0.05) is 17.5 Å². The van der Waals surface area contributed by atoms with Gasteiger partial charge in [0.15, 0.2) is 0 Å². The van der Waals surface area contributed by atoms with E-state index in [1.807, 2.05) is 0 Å². The smallest absolute Gasteiger partial charge is 0.148 e. The van der Waals surface area contributed by atoms with Crippen LogP contribution in [0.2, 0.25) is 0 Å². The van der Waals surface area contributed by atoms with Crippen molar-refractivity contribution in [2.75, 3.05) is 6.61 Å².